The van der Waals surface area contributed by atoms with Gasteiger partial charge in [-0.2, -0.15) is 0 Å². The molecule has 7 heteroatoms. The van der Waals surface area contributed by atoms with Gasteiger partial charge in [0.15, 0.2) is 11.5 Å². The molecule has 1 aliphatic rings. The zero-order chi connectivity index (χ0) is 18.7. The van der Waals surface area contributed by atoms with E-state index < -0.39 is 5.92 Å². The van der Waals surface area contributed by atoms with Crippen LogP contribution in [0.5, 0.6) is 11.5 Å². The first-order chi connectivity index (χ1) is 12.5. The largest absolute Gasteiger partial charge is 0.493 e. The van der Waals surface area contributed by atoms with Gasteiger partial charge in [0.25, 0.3) is 0 Å². The predicted octanol–water partition coefficient (Wildman–Crippen LogP) is 3.35. The fourth-order valence-electron chi connectivity index (χ4n) is 2.90. The van der Waals surface area contributed by atoms with Crippen molar-refractivity contribution in [3.8, 4) is 11.5 Å². The molecule has 0 bridgehead atoms. The van der Waals surface area contributed by atoms with Gasteiger partial charge >= 0.3 is 0 Å². The molecule has 0 saturated carbocycles. The van der Waals surface area contributed by atoms with E-state index in [-0.39, 0.29) is 18.2 Å². The molecule has 1 unspecified atom stereocenters. The van der Waals surface area contributed by atoms with Gasteiger partial charge in [-0.15, -0.1) is 0 Å². The van der Waals surface area contributed by atoms with E-state index in [9.17, 15) is 9.59 Å². The first-order valence-electron chi connectivity index (χ1n) is 8.10. The second-order valence-corrected chi connectivity index (χ2v) is 6.38. The first kappa shape index (κ1) is 18.1. The Morgan fingerprint density at radius 3 is 2.46 bits per heavy atom. The fraction of sp³-hybridized carbons (Fsp3) is 0.263. The maximum Gasteiger partial charge on any atom is 0.229 e. The van der Waals surface area contributed by atoms with Crippen LogP contribution in [0, 0.1) is 5.92 Å². The lowest BCUT2D eigenvalue weighted by Gasteiger charge is -2.18. The summed E-state index contributed by atoms with van der Waals surface area (Å²) in [4.78, 5) is 26.5. The summed E-state index contributed by atoms with van der Waals surface area (Å²) in [5.41, 5.74) is 1.32. The van der Waals surface area contributed by atoms with Crippen molar-refractivity contribution in [1.82, 2.24) is 0 Å². The average Bonchev–Trinajstić information content (AvgIpc) is 3.05. The van der Waals surface area contributed by atoms with Crippen LogP contribution in [0.25, 0.3) is 0 Å². The molecule has 136 valence electrons. The van der Waals surface area contributed by atoms with E-state index in [0.29, 0.717) is 34.4 Å². The second kappa shape index (κ2) is 7.66. The van der Waals surface area contributed by atoms with E-state index in [1.807, 2.05) is 0 Å². The Balaban J connectivity index is 1.72. The number of carbonyl (C=O) groups excluding carboxylic acids is 2. The number of hydrogen-bond acceptors (Lipinski definition) is 4. The van der Waals surface area contributed by atoms with Crippen molar-refractivity contribution in [1.29, 1.82) is 0 Å². The van der Waals surface area contributed by atoms with Crippen molar-refractivity contribution >= 4 is 34.8 Å². The predicted molar refractivity (Wildman–Crippen MR) is 100 cm³/mol. The summed E-state index contributed by atoms with van der Waals surface area (Å²) in [7, 11) is 3.09. The minimum atomic E-state index is -0.425. The number of nitrogens with zero attached hydrogens (tertiary/aromatic N) is 1. The van der Waals surface area contributed by atoms with Gasteiger partial charge in [-0.25, -0.2) is 0 Å². The quantitative estimate of drug-likeness (QED) is 0.871. The molecule has 0 aliphatic carbocycles. The van der Waals surface area contributed by atoms with E-state index in [4.69, 9.17) is 21.1 Å². The summed E-state index contributed by atoms with van der Waals surface area (Å²) < 4.78 is 10.5. The molecular weight excluding hydrogens is 356 g/mol. The molecule has 0 aromatic heterocycles. The van der Waals surface area contributed by atoms with Gasteiger partial charge in [-0.05, 0) is 36.4 Å². The topological polar surface area (TPSA) is 67.9 Å². The third-order valence-corrected chi connectivity index (χ3v) is 4.54. The number of methoxy groups -OCH3 is 2. The van der Waals surface area contributed by atoms with Crippen LogP contribution >= 0.6 is 11.6 Å². The van der Waals surface area contributed by atoms with Crippen molar-refractivity contribution in [3.63, 3.8) is 0 Å². The van der Waals surface area contributed by atoms with Gasteiger partial charge in [0.2, 0.25) is 11.8 Å². The number of anilines is 2. The van der Waals surface area contributed by atoms with E-state index in [0.717, 1.165) is 0 Å². The molecule has 0 radical (unpaired) electrons. The number of ether oxygens (including phenoxy) is 2. The van der Waals surface area contributed by atoms with Crippen LogP contribution in [0.15, 0.2) is 42.5 Å². The lowest BCUT2D eigenvalue weighted by Crippen LogP contribution is -2.28. The summed E-state index contributed by atoms with van der Waals surface area (Å²) in [6, 6.07) is 12.1. The van der Waals surface area contributed by atoms with Crippen molar-refractivity contribution in [2.24, 2.45) is 5.92 Å². The summed E-state index contributed by atoms with van der Waals surface area (Å²) in [6.07, 6.45) is 0.160. The summed E-state index contributed by atoms with van der Waals surface area (Å²) in [5.74, 6) is 0.398. The smallest absolute Gasteiger partial charge is 0.229 e. The van der Waals surface area contributed by atoms with Gasteiger partial charge in [0, 0.05) is 35.4 Å². The SMILES string of the molecule is COc1ccc(N2CC(C(=O)Nc3ccc(Cl)cc3)CC2=O)cc1OC. The Bertz CT molecular complexity index is 823. The molecule has 2 aromatic carbocycles. The number of hydrogen-bond donors (Lipinski definition) is 1. The third kappa shape index (κ3) is 3.75. The zero-order valence-electron chi connectivity index (χ0n) is 14.5. The van der Waals surface area contributed by atoms with Crippen LogP contribution in [0.2, 0.25) is 5.02 Å². The molecule has 2 aromatic rings. The molecule has 0 spiro atoms. The minimum absolute atomic E-state index is 0.103. The highest BCUT2D eigenvalue weighted by molar-refractivity contribution is 6.30. The molecule has 1 N–H and O–H groups in total. The lowest BCUT2D eigenvalue weighted by atomic mass is 10.1. The van der Waals surface area contributed by atoms with Gasteiger partial charge < -0.3 is 19.7 Å². The third-order valence-electron chi connectivity index (χ3n) is 4.29. The molecule has 3 rings (SSSR count). The highest BCUT2D eigenvalue weighted by Crippen LogP contribution is 2.34. The number of rotatable bonds is 5. The van der Waals surface area contributed by atoms with Crippen molar-refractivity contribution in [2.45, 2.75) is 6.42 Å². The van der Waals surface area contributed by atoms with E-state index in [1.165, 1.54) is 7.11 Å². The fourth-order valence-corrected chi connectivity index (χ4v) is 3.03. The zero-order valence-corrected chi connectivity index (χ0v) is 15.2. The van der Waals surface area contributed by atoms with E-state index in [1.54, 1.807) is 54.5 Å². The Hall–Kier alpha value is -2.73. The van der Waals surface area contributed by atoms with Crippen LogP contribution < -0.4 is 19.7 Å². The Labute approximate surface area is 156 Å². The van der Waals surface area contributed by atoms with Crippen molar-refractivity contribution < 1.29 is 19.1 Å². The second-order valence-electron chi connectivity index (χ2n) is 5.94. The summed E-state index contributed by atoms with van der Waals surface area (Å²) in [5, 5.41) is 3.42. The molecule has 1 aliphatic heterocycles. The number of carbonyl (C=O) groups is 2. The Morgan fingerprint density at radius 1 is 1.12 bits per heavy atom. The van der Waals surface area contributed by atoms with Gasteiger partial charge in [0.05, 0.1) is 20.1 Å². The maximum absolute atomic E-state index is 12.5. The molecule has 26 heavy (non-hydrogen) atoms. The highest BCUT2D eigenvalue weighted by Gasteiger charge is 2.35. The minimum Gasteiger partial charge on any atom is -0.493 e. The van der Waals surface area contributed by atoms with Crippen LogP contribution in [0.3, 0.4) is 0 Å². The Morgan fingerprint density at radius 2 is 1.81 bits per heavy atom. The van der Waals surface area contributed by atoms with E-state index >= 15 is 0 Å². The summed E-state index contributed by atoms with van der Waals surface area (Å²) >= 11 is 5.84. The van der Waals surface area contributed by atoms with Crippen LogP contribution in [-0.4, -0.2) is 32.6 Å². The normalized spacial score (nSPS) is 16.5. The standard InChI is InChI=1S/C19H19ClN2O4/c1-25-16-8-7-15(10-17(16)26-2)22-11-12(9-18(22)23)19(24)21-14-5-3-13(20)4-6-14/h3-8,10,12H,9,11H2,1-2H3,(H,21,24). The van der Waals surface area contributed by atoms with Gasteiger partial charge in [-0.1, -0.05) is 11.6 Å². The average molecular weight is 375 g/mol. The maximum atomic E-state index is 12.5. The van der Waals surface area contributed by atoms with Gasteiger partial charge in [0.1, 0.15) is 0 Å². The molecule has 1 atom stereocenters. The molecule has 1 saturated heterocycles. The van der Waals surface area contributed by atoms with E-state index in [2.05, 4.69) is 5.32 Å². The first-order valence-corrected chi connectivity index (χ1v) is 8.48. The highest BCUT2D eigenvalue weighted by atomic mass is 35.5. The Kier molecular flexibility index (Phi) is 5.32. The van der Waals surface area contributed by atoms with Crippen molar-refractivity contribution in [3.05, 3.63) is 47.5 Å². The molecule has 1 fully saturated rings. The molecule has 6 nitrogen and oxygen atoms in total. The van der Waals surface area contributed by atoms with Crippen LogP contribution in [-0.2, 0) is 9.59 Å². The molecule has 1 heterocycles. The van der Waals surface area contributed by atoms with Crippen molar-refractivity contribution in [2.75, 3.05) is 31.0 Å². The van der Waals surface area contributed by atoms with Crippen LogP contribution in [0.4, 0.5) is 11.4 Å². The lowest BCUT2D eigenvalue weighted by molar-refractivity contribution is -0.122. The van der Waals surface area contributed by atoms with Crippen LogP contribution in [0.1, 0.15) is 6.42 Å². The van der Waals surface area contributed by atoms with Gasteiger partial charge in [-0.3, -0.25) is 9.59 Å². The summed E-state index contributed by atoms with van der Waals surface area (Å²) in [6.45, 7) is 0.313. The number of nitrogens with one attached hydrogen (secondary N) is 1. The molecular formula is C19H19ClN2O4. The number of halogens is 1. The number of benzene rings is 2. The monoisotopic (exact) mass is 374 g/mol. The number of amides is 2. The molecule has 2 amide bonds.